The number of anilines is 6. The van der Waals surface area contributed by atoms with Crippen LogP contribution in [0, 0.1) is 0 Å². The average Bonchev–Trinajstić information content (AvgIpc) is 3.54. The summed E-state index contributed by atoms with van der Waals surface area (Å²) in [5.41, 5.74) is 8.45. The zero-order chi connectivity index (χ0) is 32.3. The molecule has 10 rings (SSSR count). The van der Waals surface area contributed by atoms with E-state index in [1.807, 2.05) is 12.1 Å². The summed E-state index contributed by atoms with van der Waals surface area (Å²) < 4.78 is 6.37. The third-order valence-electron chi connectivity index (χ3n) is 9.76. The Kier molecular flexibility index (Phi) is 6.18. The summed E-state index contributed by atoms with van der Waals surface area (Å²) in [5.74, 6) is 0. The van der Waals surface area contributed by atoms with Crippen LogP contribution >= 0.6 is 0 Å². The van der Waals surface area contributed by atoms with Gasteiger partial charge in [-0.15, -0.1) is 0 Å². The smallest absolute Gasteiger partial charge is 0.137 e. The van der Waals surface area contributed by atoms with Crippen molar-refractivity contribution in [3.8, 4) is 0 Å². The van der Waals surface area contributed by atoms with Gasteiger partial charge in [-0.25, -0.2) is 0 Å². The number of hydrogen-bond acceptors (Lipinski definition) is 3. The van der Waals surface area contributed by atoms with E-state index in [0.717, 1.165) is 56.1 Å². The number of rotatable bonds is 6. The van der Waals surface area contributed by atoms with E-state index >= 15 is 0 Å². The number of para-hydroxylation sites is 4. The molecule has 0 unspecified atom stereocenters. The highest BCUT2D eigenvalue weighted by molar-refractivity contribution is 6.28. The first-order valence-corrected chi connectivity index (χ1v) is 16.7. The number of benzene rings is 9. The summed E-state index contributed by atoms with van der Waals surface area (Å²) in [6.07, 6.45) is 0. The van der Waals surface area contributed by atoms with Crippen LogP contribution in [0.5, 0.6) is 0 Å². The predicted molar refractivity (Wildman–Crippen MR) is 207 cm³/mol. The molecule has 230 valence electrons. The molecule has 0 N–H and O–H groups in total. The molecule has 3 heteroatoms. The Morgan fingerprint density at radius 2 is 0.735 bits per heavy atom. The van der Waals surface area contributed by atoms with Crippen molar-refractivity contribution in [2.45, 2.75) is 0 Å². The maximum Gasteiger partial charge on any atom is 0.137 e. The highest BCUT2D eigenvalue weighted by atomic mass is 16.3. The molecule has 0 radical (unpaired) electrons. The van der Waals surface area contributed by atoms with Gasteiger partial charge in [0.25, 0.3) is 0 Å². The fraction of sp³-hybridized carbons (Fsp3) is 0. The summed E-state index contributed by atoms with van der Waals surface area (Å²) in [7, 11) is 0. The van der Waals surface area contributed by atoms with Gasteiger partial charge in [0.05, 0.1) is 11.4 Å². The first kappa shape index (κ1) is 27.5. The second-order valence-electron chi connectivity index (χ2n) is 12.5. The normalized spacial score (nSPS) is 11.7. The topological polar surface area (TPSA) is 19.6 Å². The maximum atomic E-state index is 6.37. The molecule has 0 saturated heterocycles. The van der Waals surface area contributed by atoms with Gasteiger partial charge in [0.15, 0.2) is 0 Å². The highest BCUT2D eigenvalue weighted by Crippen LogP contribution is 2.47. The van der Waals surface area contributed by atoms with E-state index in [2.05, 4.69) is 180 Å². The summed E-state index contributed by atoms with van der Waals surface area (Å²) in [6.45, 7) is 0. The lowest BCUT2D eigenvalue weighted by Crippen LogP contribution is -2.11. The van der Waals surface area contributed by atoms with E-state index < -0.39 is 0 Å². The Morgan fingerprint density at radius 3 is 1.29 bits per heavy atom. The van der Waals surface area contributed by atoms with E-state index in [4.69, 9.17) is 4.42 Å². The lowest BCUT2D eigenvalue weighted by atomic mass is 9.91. The van der Waals surface area contributed by atoms with E-state index in [9.17, 15) is 0 Å². The number of fused-ring (bicyclic) bond motifs is 3. The van der Waals surface area contributed by atoms with Crippen LogP contribution in [0.3, 0.4) is 0 Å². The monoisotopic (exact) mass is 626 g/mol. The van der Waals surface area contributed by atoms with Crippen molar-refractivity contribution in [1.29, 1.82) is 0 Å². The van der Waals surface area contributed by atoms with Gasteiger partial charge in [-0.2, -0.15) is 0 Å². The molecule has 0 aliphatic heterocycles. The largest absolute Gasteiger partial charge is 0.456 e. The van der Waals surface area contributed by atoms with E-state index in [1.54, 1.807) is 0 Å². The SMILES string of the molecule is c1ccc(N(c2ccccc2)c2ccc3ccc4c(N(c5ccccc5)c5ccc6c(c5)oc5ccccc56)ccc5ccc2c3c54)cc1. The van der Waals surface area contributed by atoms with Crippen LogP contribution in [0.15, 0.2) is 186 Å². The molecular weight excluding hydrogens is 597 g/mol. The van der Waals surface area contributed by atoms with Crippen LogP contribution in [-0.2, 0) is 0 Å². The lowest BCUT2D eigenvalue weighted by Gasteiger charge is -2.29. The molecule has 0 aliphatic carbocycles. The van der Waals surface area contributed by atoms with E-state index in [1.165, 1.54) is 32.3 Å². The number of nitrogens with zero attached hydrogens (tertiary/aromatic N) is 2. The van der Waals surface area contributed by atoms with Gasteiger partial charge in [-0.1, -0.05) is 109 Å². The summed E-state index contributed by atoms with van der Waals surface area (Å²) in [5, 5.41) is 9.66. The molecule has 0 spiro atoms. The van der Waals surface area contributed by atoms with Crippen molar-refractivity contribution >= 4 is 88.4 Å². The third-order valence-corrected chi connectivity index (χ3v) is 9.76. The minimum Gasteiger partial charge on any atom is -0.456 e. The molecule has 0 fully saturated rings. The Hall–Kier alpha value is -6.58. The van der Waals surface area contributed by atoms with Crippen molar-refractivity contribution in [3.63, 3.8) is 0 Å². The maximum absolute atomic E-state index is 6.37. The molecule has 0 amide bonds. The van der Waals surface area contributed by atoms with Crippen molar-refractivity contribution < 1.29 is 4.42 Å². The molecule has 0 bridgehead atoms. The molecule has 0 aliphatic rings. The van der Waals surface area contributed by atoms with E-state index in [0.29, 0.717) is 0 Å². The van der Waals surface area contributed by atoms with Gasteiger partial charge in [-0.3, -0.25) is 0 Å². The fourth-order valence-corrected chi connectivity index (χ4v) is 7.60. The molecular formula is C46H30N2O. The van der Waals surface area contributed by atoms with Gasteiger partial charge < -0.3 is 14.2 Å². The second-order valence-corrected chi connectivity index (χ2v) is 12.5. The molecule has 9 aromatic carbocycles. The molecule has 0 atom stereocenters. The van der Waals surface area contributed by atoms with Crippen LogP contribution in [0.25, 0.3) is 54.3 Å². The number of furan rings is 1. The molecule has 1 heterocycles. The van der Waals surface area contributed by atoms with Crippen molar-refractivity contribution in [1.82, 2.24) is 0 Å². The van der Waals surface area contributed by atoms with Crippen LogP contribution in [0.4, 0.5) is 34.1 Å². The van der Waals surface area contributed by atoms with Crippen LogP contribution < -0.4 is 9.80 Å². The molecule has 10 aromatic rings. The van der Waals surface area contributed by atoms with Crippen molar-refractivity contribution in [2.24, 2.45) is 0 Å². The van der Waals surface area contributed by atoms with Crippen molar-refractivity contribution in [3.05, 3.63) is 182 Å². The van der Waals surface area contributed by atoms with Gasteiger partial charge in [-0.05, 0) is 88.3 Å². The minimum atomic E-state index is 0.879. The second kappa shape index (κ2) is 11.0. The minimum absolute atomic E-state index is 0.879. The molecule has 1 aromatic heterocycles. The standard InChI is InChI=1S/C46H30N2O/c1-4-12-33(13-5-1)47(34-14-6-2-7-15-34)41-28-22-31-21-26-40-42(29-23-32-20-25-39(41)45(31)46(32)40)48(35-16-8-3-9-17-35)36-24-27-38-37-18-10-11-19-43(37)49-44(38)30-36/h1-30H. The highest BCUT2D eigenvalue weighted by Gasteiger charge is 2.22. The van der Waals surface area contributed by atoms with E-state index in [-0.39, 0.29) is 0 Å². The summed E-state index contributed by atoms with van der Waals surface area (Å²) in [4.78, 5) is 4.73. The van der Waals surface area contributed by atoms with Gasteiger partial charge in [0, 0.05) is 50.4 Å². The lowest BCUT2D eigenvalue weighted by molar-refractivity contribution is 0.669. The first-order chi connectivity index (χ1) is 24.3. The third kappa shape index (κ3) is 4.37. The van der Waals surface area contributed by atoms with Crippen molar-refractivity contribution in [2.75, 3.05) is 9.80 Å². The average molecular weight is 627 g/mol. The zero-order valence-electron chi connectivity index (χ0n) is 26.6. The first-order valence-electron chi connectivity index (χ1n) is 16.7. The number of hydrogen-bond donors (Lipinski definition) is 0. The van der Waals surface area contributed by atoms with Crippen LogP contribution in [0.1, 0.15) is 0 Å². The van der Waals surface area contributed by atoms with Gasteiger partial charge in [0.2, 0.25) is 0 Å². The summed E-state index contributed by atoms with van der Waals surface area (Å²) in [6, 6.07) is 65.0. The quantitative estimate of drug-likeness (QED) is 0.171. The molecule has 49 heavy (non-hydrogen) atoms. The predicted octanol–water partition coefficient (Wildman–Crippen LogP) is 13.4. The van der Waals surface area contributed by atoms with Gasteiger partial charge in [0.1, 0.15) is 11.2 Å². The fourth-order valence-electron chi connectivity index (χ4n) is 7.60. The Balaban J connectivity index is 1.23. The Morgan fingerprint density at radius 1 is 0.306 bits per heavy atom. The summed E-state index contributed by atoms with van der Waals surface area (Å²) >= 11 is 0. The molecule has 3 nitrogen and oxygen atoms in total. The molecule has 0 saturated carbocycles. The Labute approximate surface area is 283 Å². The zero-order valence-corrected chi connectivity index (χ0v) is 26.6. The van der Waals surface area contributed by atoms with Gasteiger partial charge >= 0.3 is 0 Å². The Bertz CT molecular complexity index is 2730. The van der Waals surface area contributed by atoms with Crippen LogP contribution in [-0.4, -0.2) is 0 Å². The van der Waals surface area contributed by atoms with Crippen LogP contribution in [0.2, 0.25) is 0 Å².